The Hall–Kier alpha value is -0.560. The van der Waals surface area contributed by atoms with Gasteiger partial charge >= 0.3 is 0 Å². The van der Waals surface area contributed by atoms with Crippen LogP contribution in [0.3, 0.4) is 0 Å². The van der Waals surface area contributed by atoms with E-state index < -0.39 is 0 Å². The second kappa shape index (κ2) is 4.75. The maximum atomic E-state index is 2.73. The summed E-state index contributed by atoms with van der Waals surface area (Å²) in [6.07, 6.45) is 9.96. The Balaban J connectivity index is 2.32. The summed E-state index contributed by atoms with van der Waals surface area (Å²) in [6, 6.07) is 2.01. The van der Waals surface area contributed by atoms with Gasteiger partial charge < -0.3 is 0 Å². The van der Waals surface area contributed by atoms with Crippen LogP contribution in [0.5, 0.6) is 0 Å². The molecule has 1 aliphatic heterocycles. The lowest BCUT2D eigenvalue weighted by Crippen LogP contribution is -2.41. The molecule has 1 saturated heterocycles. The van der Waals surface area contributed by atoms with E-state index in [4.69, 9.17) is 0 Å². The first-order valence-corrected chi connectivity index (χ1v) is 6.88. The molecule has 1 nitrogen and oxygen atoms in total. The summed E-state index contributed by atoms with van der Waals surface area (Å²) in [7, 11) is 0. The quantitative estimate of drug-likeness (QED) is 0.695. The number of likely N-dealkylation sites (tertiary alicyclic amines) is 1. The number of nitrogens with zero attached hydrogens (tertiary/aromatic N) is 1. The average Bonchev–Trinajstić information content (AvgIpc) is 2.62. The lowest BCUT2D eigenvalue weighted by Gasteiger charge is -2.33. The van der Waals surface area contributed by atoms with Crippen molar-refractivity contribution < 1.29 is 0 Å². The van der Waals surface area contributed by atoms with Crippen LogP contribution in [-0.2, 0) is 0 Å². The second-order valence-electron chi connectivity index (χ2n) is 5.20. The molecular formula is C15H25N. The van der Waals surface area contributed by atoms with Crippen molar-refractivity contribution >= 4 is 0 Å². The van der Waals surface area contributed by atoms with Crippen LogP contribution in [0.15, 0.2) is 23.3 Å². The van der Waals surface area contributed by atoms with E-state index in [-0.39, 0.29) is 0 Å². The average molecular weight is 219 g/mol. The zero-order chi connectivity index (χ0) is 11.7. The molecule has 1 heteroatoms. The third-order valence-corrected chi connectivity index (χ3v) is 4.33. The molecule has 90 valence electrons. The fourth-order valence-electron chi connectivity index (χ4n) is 3.38. The summed E-state index contributed by atoms with van der Waals surface area (Å²) >= 11 is 0. The van der Waals surface area contributed by atoms with Crippen LogP contribution in [0.2, 0.25) is 0 Å². The van der Waals surface area contributed by atoms with Crippen molar-refractivity contribution in [3.63, 3.8) is 0 Å². The van der Waals surface area contributed by atoms with Gasteiger partial charge in [-0.25, -0.2) is 0 Å². The summed E-state index contributed by atoms with van der Waals surface area (Å²) < 4.78 is 0. The highest BCUT2D eigenvalue weighted by Crippen LogP contribution is 2.40. The molecule has 0 saturated carbocycles. The summed E-state index contributed by atoms with van der Waals surface area (Å²) in [5.41, 5.74) is 3.26. The van der Waals surface area contributed by atoms with Crippen molar-refractivity contribution in [3.8, 4) is 0 Å². The highest BCUT2D eigenvalue weighted by molar-refractivity contribution is 5.46. The van der Waals surface area contributed by atoms with Crippen LogP contribution >= 0.6 is 0 Å². The van der Waals surface area contributed by atoms with Crippen molar-refractivity contribution in [2.24, 2.45) is 0 Å². The standard InChI is InChI=1S/C15H25N/c1-5-11(3)16-12(4)13-9-7-8-10-14(13)15(16)6-2/h9-12,15H,5-8H2,1-4H3/t11-,12?,15?/m1/s1. The molecule has 1 fully saturated rings. The molecule has 3 atom stereocenters. The number of rotatable bonds is 3. The largest absolute Gasteiger partial charge is 0.287 e. The summed E-state index contributed by atoms with van der Waals surface area (Å²) in [5.74, 6) is 0. The lowest BCUT2D eigenvalue weighted by molar-refractivity contribution is 0.155. The Bertz CT molecular complexity index is 313. The van der Waals surface area contributed by atoms with Crippen molar-refractivity contribution in [3.05, 3.63) is 23.3 Å². The van der Waals surface area contributed by atoms with Gasteiger partial charge in [0.15, 0.2) is 0 Å². The Morgan fingerprint density at radius 1 is 1.25 bits per heavy atom. The van der Waals surface area contributed by atoms with Crippen LogP contribution in [0.1, 0.15) is 53.4 Å². The first kappa shape index (κ1) is 11.9. The number of fused-ring (bicyclic) bond motifs is 1. The molecule has 2 unspecified atom stereocenters. The molecule has 2 rings (SSSR count). The Kier molecular flexibility index (Phi) is 3.53. The van der Waals surface area contributed by atoms with E-state index in [9.17, 15) is 0 Å². The molecule has 0 aromatic carbocycles. The predicted molar refractivity (Wildman–Crippen MR) is 70.5 cm³/mol. The van der Waals surface area contributed by atoms with Gasteiger partial charge in [-0.2, -0.15) is 0 Å². The van der Waals surface area contributed by atoms with Gasteiger partial charge in [-0.05, 0) is 50.7 Å². The van der Waals surface area contributed by atoms with Crippen LogP contribution in [-0.4, -0.2) is 23.0 Å². The molecule has 1 aliphatic carbocycles. The molecule has 0 aromatic rings. The van der Waals surface area contributed by atoms with Crippen molar-refractivity contribution in [1.82, 2.24) is 4.90 Å². The third-order valence-electron chi connectivity index (χ3n) is 4.33. The fourth-order valence-corrected chi connectivity index (χ4v) is 3.38. The van der Waals surface area contributed by atoms with Crippen LogP contribution in [0, 0.1) is 0 Å². The monoisotopic (exact) mass is 219 g/mol. The minimum atomic E-state index is 0.631. The molecule has 0 amide bonds. The van der Waals surface area contributed by atoms with E-state index >= 15 is 0 Å². The molecule has 0 spiro atoms. The minimum absolute atomic E-state index is 0.631. The van der Waals surface area contributed by atoms with Crippen molar-refractivity contribution in [2.45, 2.75) is 71.5 Å². The molecule has 0 aromatic heterocycles. The second-order valence-corrected chi connectivity index (χ2v) is 5.20. The van der Waals surface area contributed by atoms with E-state index in [0.29, 0.717) is 18.1 Å². The van der Waals surface area contributed by atoms with Gasteiger partial charge in [-0.15, -0.1) is 0 Å². The van der Waals surface area contributed by atoms with Gasteiger partial charge in [0.2, 0.25) is 0 Å². The molecular weight excluding hydrogens is 194 g/mol. The Morgan fingerprint density at radius 3 is 2.44 bits per heavy atom. The normalized spacial score (nSPS) is 32.0. The van der Waals surface area contributed by atoms with Crippen molar-refractivity contribution in [1.29, 1.82) is 0 Å². The van der Waals surface area contributed by atoms with E-state index in [2.05, 4.69) is 44.7 Å². The molecule has 0 N–H and O–H groups in total. The Labute approximate surface area is 100 Å². The summed E-state index contributed by atoms with van der Waals surface area (Å²) in [4.78, 5) is 2.73. The molecule has 16 heavy (non-hydrogen) atoms. The first-order valence-electron chi connectivity index (χ1n) is 6.88. The number of allylic oxidation sites excluding steroid dienone is 2. The first-order chi connectivity index (χ1) is 7.70. The minimum Gasteiger partial charge on any atom is -0.287 e. The topological polar surface area (TPSA) is 3.24 Å². The predicted octanol–water partition coefficient (Wildman–Crippen LogP) is 3.91. The maximum Gasteiger partial charge on any atom is 0.0354 e. The van der Waals surface area contributed by atoms with Gasteiger partial charge in [0, 0.05) is 18.1 Å². The van der Waals surface area contributed by atoms with E-state index in [1.54, 1.807) is 11.1 Å². The third kappa shape index (κ3) is 1.75. The lowest BCUT2D eigenvalue weighted by atomic mass is 9.93. The molecule has 0 radical (unpaired) electrons. The molecule has 1 heterocycles. The number of hydrogen-bond acceptors (Lipinski definition) is 1. The SMILES string of the molecule is CCC1C2=CCCC=C2C(C)N1[C@H](C)CC. The highest BCUT2D eigenvalue weighted by atomic mass is 15.2. The molecule has 2 aliphatic rings. The van der Waals surface area contributed by atoms with E-state index in [1.165, 1.54) is 25.7 Å². The van der Waals surface area contributed by atoms with Gasteiger partial charge in [0.1, 0.15) is 0 Å². The summed E-state index contributed by atoms with van der Waals surface area (Å²) in [6.45, 7) is 9.38. The van der Waals surface area contributed by atoms with Gasteiger partial charge in [0.25, 0.3) is 0 Å². The smallest absolute Gasteiger partial charge is 0.0354 e. The van der Waals surface area contributed by atoms with Crippen LogP contribution in [0.25, 0.3) is 0 Å². The zero-order valence-electron chi connectivity index (χ0n) is 11.2. The fraction of sp³-hybridized carbons (Fsp3) is 0.733. The van der Waals surface area contributed by atoms with Crippen molar-refractivity contribution in [2.75, 3.05) is 0 Å². The van der Waals surface area contributed by atoms with E-state index in [0.717, 1.165) is 0 Å². The number of hydrogen-bond donors (Lipinski definition) is 0. The van der Waals surface area contributed by atoms with Gasteiger partial charge in [-0.3, -0.25) is 4.90 Å². The van der Waals surface area contributed by atoms with Gasteiger partial charge in [-0.1, -0.05) is 26.0 Å². The van der Waals surface area contributed by atoms with E-state index in [1.807, 2.05) is 0 Å². The Morgan fingerprint density at radius 2 is 1.88 bits per heavy atom. The zero-order valence-corrected chi connectivity index (χ0v) is 11.2. The van der Waals surface area contributed by atoms with Crippen LogP contribution < -0.4 is 0 Å². The highest BCUT2D eigenvalue weighted by Gasteiger charge is 2.39. The molecule has 0 bridgehead atoms. The summed E-state index contributed by atoms with van der Waals surface area (Å²) in [5, 5.41) is 0. The van der Waals surface area contributed by atoms with Crippen LogP contribution in [0.4, 0.5) is 0 Å². The van der Waals surface area contributed by atoms with Gasteiger partial charge in [0.05, 0.1) is 0 Å². The maximum absolute atomic E-state index is 2.73.